The van der Waals surface area contributed by atoms with Crippen LogP contribution in [0.25, 0.3) is 6.08 Å². The van der Waals surface area contributed by atoms with Gasteiger partial charge in [0.15, 0.2) is 0 Å². The second kappa shape index (κ2) is 7.93. The lowest BCUT2D eigenvalue weighted by Crippen LogP contribution is -2.42. The van der Waals surface area contributed by atoms with E-state index < -0.39 is 11.1 Å². The number of fused-ring (bicyclic) bond motifs is 1. The fourth-order valence-electron chi connectivity index (χ4n) is 3.69. The molecule has 5 nitrogen and oxygen atoms in total. The molecule has 0 bridgehead atoms. The maximum absolute atomic E-state index is 12.9. The summed E-state index contributed by atoms with van der Waals surface area (Å²) >= 11 is 2.39. The Bertz CT molecular complexity index is 952. The van der Waals surface area contributed by atoms with Gasteiger partial charge in [-0.05, 0) is 59.7 Å². The average Bonchev–Trinajstić information content (AvgIpc) is 3.31. The highest BCUT2D eigenvalue weighted by molar-refractivity contribution is 8.18. The van der Waals surface area contributed by atoms with Gasteiger partial charge < -0.3 is 4.90 Å². The molecule has 1 saturated heterocycles. The Morgan fingerprint density at radius 3 is 2.86 bits per heavy atom. The first-order valence-corrected chi connectivity index (χ1v) is 10.9. The van der Waals surface area contributed by atoms with Gasteiger partial charge >= 0.3 is 0 Å². The van der Waals surface area contributed by atoms with Crippen molar-refractivity contribution in [2.24, 2.45) is 0 Å². The maximum atomic E-state index is 12.9. The Hall–Kier alpha value is -2.38. The molecule has 1 aromatic carbocycles. The fraction of sp³-hybridized carbons (Fsp3) is 0.286. The number of rotatable bonds is 4. The van der Waals surface area contributed by atoms with Gasteiger partial charge in [-0.3, -0.25) is 19.3 Å². The summed E-state index contributed by atoms with van der Waals surface area (Å²) in [6, 6.07) is 11.9. The normalized spacial score (nSPS) is 20.5. The molecule has 1 aliphatic carbocycles. The zero-order valence-electron chi connectivity index (χ0n) is 15.5. The third kappa shape index (κ3) is 3.64. The summed E-state index contributed by atoms with van der Waals surface area (Å²) in [5.41, 5.74) is 2.43. The number of aryl methyl sites for hydroxylation is 1. The summed E-state index contributed by atoms with van der Waals surface area (Å²) in [6.45, 7) is -0.221. The Balaban J connectivity index is 1.48. The van der Waals surface area contributed by atoms with Crippen molar-refractivity contribution in [3.8, 4) is 0 Å². The van der Waals surface area contributed by atoms with Gasteiger partial charge in [0.05, 0.1) is 10.9 Å². The molecule has 0 radical (unpaired) electrons. The zero-order chi connectivity index (χ0) is 19.7. The minimum atomic E-state index is -0.394. The van der Waals surface area contributed by atoms with Crippen molar-refractivity contribution in [1.82, 2.24) is 9.80 Å². The van der Waals surface area contributed by atoms with Crippen LogP contribution in [-0.2, 0) is 16.0 Å². The van der Waals surface area contributed by atoms with Gasteiger partial charge in [-0.15, -0.1) is 11.3 Å². The van der Waals surface area contributed by atoms with Crippen molar-refractivity contribution in [2.75, 3.05) is 13.6 Å². The molecular weight excluding hydrogens is 392 g/mol. The summed E-state index contributed by atoms with van der Waals surface area (Å²) < 4.78 is 0. The molecule has 28 heavy (non-hydrogen) atoms. The minimum absolute atomic E-state index is 0.0148. The van der Waals surface area contributed by atoms with Crippen LogP contribution in [0.1, 0.15) is 34.9 Å². The van der Waals surface area contributed by atoms with Crippen LogP contribution in [0.2, 0.25) is 0 Å². The molecule has 7 heteroatoms. The summed E-state index contributed by atoms with van der Waals surface area (Å²) in [4.78, 5) is 41.8. The van der Waals surface area contributed by atoms with E-state index in [4.69, 9.17) is 0 Å². The predicted molar refractivity (Wildman–Crippen MR) is 112 cm³/mol. The van der Waals surface area contributed by atoms with Crippen LogP contribution in [0.4, 0.5) is 4.79 Å². The largest absolute Gasteiger partial charge is 0.337 e. The molecule has 144 valence electrons. The number of nitrogens with zero attached hydrogens (tertiary/aromatic N) is 2. The molecule has 0 saturated carbocycles. The van der Waals surface area contributed by atoms with E-state index in [1.165, 1.54) is 16.9 Å². The number of benzene rings is 1. The molecule has 1 fully saturated rings. The highest BCUT2D eigenvalue weighted by Gasteiger charge is 2.38. The maximum Gasteiger partial charge on any atom is 0.294 e. The van der Waals surface area contributed by atoms with Gasteiger partial charge in [-0.2, -0.15) is 0 Å². The molecule has 1 aromatic heterocycles. The zero-order valence-corrected chi connectivity index (χ0v) is 17.1. The van der Waals surface area contributed by atoms with Crippen LogP contribution in [0.15, 0.2) is 46.7 Å². The smallest absolute Gasteiger partial charge is 0.294 e. The van der Waals surface area contributed by atoms with Crippen LogP contribution in [-0.4, -0.2) is 40.4 Å². The van der Waals surface area contributed by atoms with Crippen molar-refractivity contribution in [2.45, 2.75) is 25.3 Å². The van der Waals surface area contributed by atoms with E-state index in [9.17, 15) is 14.4 Å². The van der Waals surface area contributed by atoms with Gasteiger partial charge in [-0.25, -0.2) is 0 Å². The Kier molecular flexibility index (Phi) is 5.37. The van der Waals surface area contributed by atoms with Crippen molar-refractivity contribution in [3.05, 3.63) is 62.7 Å². The number of hydrogen-bond acceptors (Lipinski definition) is 5. The standard InChI is InChI=1S/C21H20N2O3S2/c1-22(17-10-4-7-14-6-2-3-9-16(14)17)19(24)13-23-20(25)18(28-21(23)26)12-15-8-5-11-27-15/h2-3,5-6,8-9,11-12,17H,4,7,10,13H2,1H3/b18-12-. The molecule has 0 N–H and O–H groups in total. The fourth-order valence-corrected chi connectivity index (χ4v) is 5.25. The third-order valence-electron chi connectivity index (χ3n) is 5.18. The van der Waals surface area contributed by atoms with Gasteiger partial charge in [0.1, 0.15) is 6.54 Å². The summed E-state index contributed by atoms with van der Waals surface area (Å²) in [5.74, 6) is -0.615. The van der Waals surface area contributed by atoms with Crippen LogP contribution < -0.4 is 0 Å². The van der Waals surface area contributed by atoms with E-state index in [-0.39, 0.29) is 18.5 Å². The molecule has 3 amide bonds. The van der Waals surface area contributed by atoms with Crippen molar-refractivity contribution >= 4 is 46.2 Å². The molecular formula is C21H20N2O3S2. The molecule has 1 unspecified atom stereocenters. The number of imide groups is 1. The molecule has 4 rings (SSSR count). The number of carbonyl (C=O) groups excluding carboxylic acids is 3. The van der Waals surface area contributed by atoms with Crippen LogP contribution in [0.3, 0.4) is 0 Å². The van der Waals surface area contributed by atoms with E-state index in [0.29, 0.717) is 4.91 Å². The van der Waals surface area contributed by atoms with Gasteiger partial charge in [0, 0.05) is 11.9 Å². The Morgan fingerprint density at radius 2 is 2.07 bits per heavy atom. The number of thiophene rings is 1. The van der Waals surface area contributed by atoms with Gasteiger partial charge in [0.2, 0.25) is 5.91 Å². The lowest BCUT2D eigenvalue weighted by Gasteiger charge is -2.34. The highest BCUT2D eigenvalue weighted by Crippen LogP contribution is 2.35. The van der Waals surface area contributed by atoms with E-state index in [1.54, 1.807) is 18.0 Å². The Morgan fingerprint density at radius 1 is 1.25 bits per heavy atom. The van der Waals surface area contributed by atoms with Crippen molar-refractivity contribution < 1.29 is 14.4 Å². The van der Waals surface area contributed by atoms with Crippen LogP contribution in [0.5, 0.6) is 0 Å². The quantitative estimate of drug-likeness (QED) is 0.702. The summed E-state index contributed by atoms with van der Waals surface area (Å²) in [7, 11) is 1.76. The van der Waals surface area contributed by atoms with E-state index in [0.717, 1.165) is 46.4 Å². The molecule has 2 heterocycles. The van der Waals surface area contributed by atoms with E-state index in [2.05, 4.69) is 12.1 Å². The van der Waals surface area contributed by atoms with E-state index >= 15 is 0 Å². The van der Waals surface area contributed by atoms with E-state index in [1.807, 2.05) is 29.6 Å². The average molecular weight is 413 g/mol. The predicted octanol–water partition coefficient (Wildman–Crippen LogP) is 4.32. The number of amides is 3. The first kappa shape index (κ1) is 19.0. The molecule has 1 atom stereocenters. The molecule has 2 aliphatic rings. The SMILES string of the molecule is CN(C(=O)CN1C(=O)S/C(=C\c2cccs2)C1=O)C1CCCc2ccccc21. The highest BCUT2D eigenvalue weighted by atomic mass is 32.2. The first-order chi connectivity index (χ1) is 13.5. The van der Waals surface area contributed by atoms with Crippen LogP contribution >= 0.6 is 23.1 Å². The lowest BCUT2D eigenvalue weighted by atomic mass is 9.87. The van der Waals surface area contributed by atoms with Gasteiger partial charge in [-0.1, -0.05) is 30.3 Å². The summed E-state index contributed by atoms with van der Waals surface area (Å²) in [6.07, 6.45) is 4.64. The van der Waals surface area contributed by atoms with Crippen molar-refractivity contribution in [1.29, 1.82) is 0 Å². The Labute approximate surface area is 172 Å². The van der Waals surface area contributed by atoms with Crippen LogP contribution in [0, 0.1) is 0 Å². The number of hydrogen-bond donors (Lipinski definition) is 0. The van der Waals surface area contributed by atoms with Crippen molar-refractivity contribution in [3.63, 3.8) is 0 Å². The number of thioether (sulfide) groups is 1. The third-order valence-corrected chi connectivity index (χ3v) is 6.91. The topological polar surface area (TPSA) is 57.7 Å². The number of likely N-dealkylation sites (N-methyl/N-ethyl adjacent to an activating group) is 1. The molecule has 0 spiro atoms. The monoisotopic (exact) mass is 412 g/mol. The molecule has 1 aliphatic heterocycles. The second-order valence-corrected chi connectivity index (χ2v) is 8.87. The summed E-state index contributed by atoms with van der Waals surface area (Å²) in [5, 5.41) is 1.52. The number of carbonyl (C=O) groups is 3. The van der Waals surface area contributed by atoms with Gasteiger partial charge in [0.25, 0.3) is 11.1 Å². The minimum Gasteiger partial charge on any atom is -0.337 e. The second-order valence-electron chi connectivity index (χ2n) is 6.89. The molecule has 2 aromatic rings. The first-order valence-electron chi connectivity index (χ1n) is 9.17. The lowest BCUT2D eigenvalue weighted by molar-refractivity contribution is -0.136.